The van der Waals surface area contributed by atoms with Gasteiger partial charge in [0.2, 0.25) is 0 Å². The maximum absolute atomic E-state index is 14.3. The first-order valence-corrected chi connectivity index (χ1v) is 12.7. The molecule has 2 saturated heterocycles. The molecule has 0 amide bonds. The van der Waals surface area contributed by atoms with Crippen LogP contribution >= 0.6 is 0 Å². The molecular formula is C26H37NO7. The third-order valence-electron chi connectivity index (χ3n) is 9.41. The van der Waals surface area contributed by atoms with Crippen molar-refractivity contribution in [1.29, 1.82) is 0 Å². The molecular weight excluding hydrogens is 438 g/mol. The predicted octanol–water partition coefficient (Wildman–Crippen LogP) is 2.65. The van der Waals surface area contributed by atoms with Crippen molar-refractivity contribution in [3.05, 3.63) is 29.0 Å². The molecule has 1 aromatic rings. The number of piperidine rings is 2. The summed E-state index contributed by atoms with van der Waals surface area (Å²) in [6.45, 7) is 3.08. The molecule has 4 aliphatic rings. The first-order chi connectivity index (χ1) is 16.1. The number of benzene rings is 1. The molecule has 0 radical (unpaired) electrons. The number of nitrogens with zero attached hydrogens (tertiary/aromatic N) is 1. The number of hydroxylamine groups is 3. The van der Waals surface area contributed by atoms with E-state index in [2.05, 4.69) is 6.92 Å². The molecule has 8 heteroatoms. The van der Waals surface area contributed by atoms with Crippen LogP contribution in [0.4, 0.5) is 0 Å². The Balaban J connectivity index is 1.39. The number of hydrogen-bond acceptors (Lipinski definition) is 7. The molecule has 3 N–H and O–H groups in total. The van der Waals surface area contributed by atoms with Crippen molar-refractivity contribution < 1.29 is 34.2 Å². The fourth-order valence-corrected chi connectivity index (χ4v) is 8.17. The summed E-state index contributed by atoms with van der Waals surface area (Å²) >= 11 is 0. The summed E-state index contributed by atoms with van der Waals surface area (Å²) in [5.41, 5.74) is -1.30. The zero-order chi connectivity index (χ0) is 24.3. The second kappa shape index (κ2) is 8.36. The number of rotatable bonds is 5. The van der Waals surface area contributed by atoms with Crippen molar-refractivity contribution in [2.45, 2.75) is 81.6 Å². The average Bonchev–Trinajstić information content (AvgIpc) is 2.79. The first-order valence-electron chi connectivity index (χ1n) is 12.7. The molecule has 2 saturated carbocycles. The summed E-state index contributed by atoms with van der Waals surface area (Å²) in [7, 11) is 1.47. The Morgan fingerprint density at radius 3 is 2.79 bits per heavy atom. The van der Waals surface area contributed by atoms with E-state index in [0.717, 1.165) is 5.56 Å². The van der Waals surface area contributed by atoms with Gasteiger partial charge in [0.1, 0.15) is 17.2 Å². The lowest BCUT2D eigenvalue weighted by Gasteiger charge is -2.76. The Labute approximate surface area is 200 Å². The van der Waals surface area contributed by atoms with Crippen molar-refractivity contribution in [1.82, 2.24) is 0 Å². The molecule has 2 heterocycles. The number of hydrogen-bond donors (Lipinski definition) is 3. The molecule has 1 unspecified atom stereocenters. The Hall–Kier alpha value is -1.87. The highest BCUT2D eigenvalue weighted by molar-refractivity contribution is 5.70. The predicted molar refractivity (Wildman–Crippen MR) is 124 cm³/mol. The molecule has 188 valence electrons. The third-order valence-corrected chi connectivity index (χ3v) is 9.41. The SMILES string of the molecule is COc1cc(CCC(=O)O[C@H]2[C@H](O)[C@@H]3C[C@@H](C)C[C@@]45[C@@H]2CCC[N+]4([O-])CCC[C@]35O)ccc1O. The van der Waals surface area contributed by atoms with Crippen LogP contribution in [0.3, 0.4) is 0 Å². The highest BCUT2D eigenvalue weighted by Gasteiger charge is 2.77. The topological polar surface area (TPSA) is 119 Å². The smallest absolute Gasteiger partial charge is 0.306 e. The fourth-order valence-electron chi connectivity index (χ4n) is 8.17. The van der Waals surface area contributed by atoms with Gasteiger partial charge in [-0.15, -0.1) is 0 Å². The maximum atomic E-state index is 14.3. The molecule has 8 nitrogen and oxygen atoms in total. The van der Waals surface area contributed by atoms with Crippen molar-refractivity contribution in [3.63, 3.8) is 0 Å². The van der Waals surface area contributed by atoms with Crippen LogP contribution in [0.5, 0.6) is 11.5 Å². The van der Waals surface area contributed by atoms with Crippen molar-refractivity contribution in [2.24, 2.45) is 17.8 Å². The Morgan fingerprint density at radius 2 is 2.03 bits per heavy atom. The van der Waals surface area contributed by atoms with Crippen molar-refractivity contribution in [2.75, 3.05) is 20.2 Å². The van der Waals surface area contributed by atoms with Crippen molar-refractivity contribution >= 4 is 5.97 Å². The summed E-state index contributed by atoms with van der Waals surface area (Å²) in [5.74, 6) is -0.624. The third kappa shape index (κ3) is 3.29. The van der Waals surface area contributed by atoms with E-state index < -0.39 is 39.9 Å². The van der Waals surface area contributed by atoms with E-state index >= 15 is 0 Å². The van der Waals surface area contributed by atoms with Crippen molar-refractivity contribution in [3.8, 4) is 11.5 Å². The largest absolute Gasteiger partial charge is 0.632 e. The number of aliphatic hydroxyl groups excluding tert-OH is 1. The molecule has 2 bridgehead atoms. The van der Waals surface area contributed by atoms with E-state index in [1.807, 2.05) is 0 Å². The minimum Gasteiger partial charge on any atom is -0.632 e. The maximum Gasteiger partial charge on any atom is 0.306 e. The number of carbonyl (C=O) groups is 1. The summed E-state index contributed by atoms with van der Waals surface area (Å²) < 4.78 is 10.7. The van der Waals surface area contributed by atoms with E-state index in [9.17, 15) is 25.3 Å². The second-order valence-corrected chi connectivity index (χ2v) is 11.1. The Bertz CT molecular complexity index is 951. The van der Waals surface area contributed by atoms with Gasteiger partial charge in [-0.05, 0) is 62.1 Å². The summed E-state index contributed by atoms with van der Waals surface area (Å²) in [6.07, 6.45) is 2.58. The van der Waals surface area contributed by atoms with E-state index in [0.29, 0.717) is 63.8 Å². The number of methoxy groups -OCH3 is 1. The van der Waals surface area contributed by atoms with Crippen LogP contribution in [0.25, 0.3) is 0 Å². The molecule has 4 fully saturated rings. The van der Waals surface area contributed by atoms with E-state index in [-0.39, 0.29) is 24.0 Å². The zero-order valence-electron chi connectivity index (χ0n) is 20.1. The number of aromatic hydroxyl groups is 1. The Kier molecular flexibility index (Phi) is 5.87. The average molecular weight is 476 g/mol. The van der Waals surface area contributed by atoms with Gasteiger partial charge in [-0.25, -0.2) is 0 Å². The molecule has 1 aromatic carbocycles. The van der Waals surface area contributed by atoms with Gasteiger partial charge in [0.25, 0.3) is 0 Å². The molecule has 2 aliphatic carbocycles. The standard InChI is InChI=1S/C26H37NO7/c1-16-13-19-23(30)24(34-22(29)9-7-17-6-8-20(28)21(14-17)33-2)18-5-3-11-27(32)12-4-10-26(19,31)25(18,27)15-16/h6,8,14,16,18-19,23-24,28,30-31H,3-5,7,9-13,15H2,1-2H3/t16-,18-,19+,23-,24-,25+,26+,27?/m1/s1. The van der Waals surface area contributed by atoms with Crippen LogP contribution in [0, 0.1) is 23.0 Å². The number of aryl methyl sites for hydroxylation is 1. The summed E-state index contributed by atoms with van der Waals surface area (Å²) in [5, 5.41) is 47.5. The lowest BCUT2D eigenvalue weighted by atomic mass is 9.44. The second-order valence-electron chi connectivity index (χ2n) is 11.1. The minimum absolute atomic E-state index is 0.0377. The summed E-state index contributed by atoms with van der Waals surface area (Å²) in [4.78, 5) is 13.0. The molecule has 34 heavy (non-hydrogen) atoms. The number of phenols is 1. The number of carbonyl (C=O) groups excluding carboxylic acids is 1. The van der Waals surface area contributed by atoms with Crippen LogP contribution in [-0.4, -0.2) is 69.5 Å². The normalized spacial score (nSPS) is 43.0. The van der Waals surface area contributed by atoms with Gasteiger partial charge in [0.15, 0.2) is 11.5 Å². The van der Waals surface area contributed by atoms with Gasteiger partial charge < -0.3 is 34.6 Å². The number of ether oxygens (including phenoxy) is 2. The lowest BCUT2D eigenvalue weighted by Crippen LogP contribution is -2.87. The van der Waals surface area contributed by atoms with Gasteiger partial charge in [0.05, 0.1) is 32.2 Å². The van der Waals surface area contributed by atoms with Gasteiger partial charge in [-0.2, -0.15) is 0 Å². The van der Waals surface area contributed by atoms with Crippen LogP contribution in [0.2, 0.25) is 0 Å². The quantitative estimate of drug-likeness (QED) is 0.340. The monoisotopic (exact) mass is 475 g/mol. The number of phenolic OH excluding ortho intramolecular Hbond substituents is 1. The van der Waals surface area contributed by atoms with Crippen LogP contribution < -0.4 is 4.74 Å². The zero-order valence-corrected chi connectivity index (χ0v) is 20.1. The van der Waals surface area contributed by atoms with Crippen LogP contribution in [-0.2, 0) is 16.0 Å². The lowest BCUT2D eigenvalue weighted by molar-refractivity contribution is -0.963. The molecule has 2 aliphatic heterocycles. The van der Waals surface area contributed by atoms with Gasteiger partial charge in [-0.1, -0.05) is 13.0 Å². The summed E-state index contributed by atoms with van der Waals surface area (Å²) in [6, 6.07) is 4.96. The van der Waals surface area contributed by atoms with E-state index in [4.69, 9.17) is 9.47 Å². The highest BCUT2D eigenvalue weighted by Crippen LogP contribution is 2.65. The number of aliphatic hydroxyl groups is 2. The Morgan fingerprint density at radius 1 is 1.26 bits per heavy atom. The van der Waals surface area contributed by atoms with Crippen LogP contribution in [0.15, 0.2) is 18.2 Å². The van der Waals surface area contributed by atoms with E-state index in [1.165, 1.54) is 13.2 Å². The molecule has 5 rings (SSSR count). The number of esters is 1. The fraction of sp³-hybridized carbons (Fsp3) is 0.731. The van der Waals surface area contributed by atoms with Gasteiger partial charge in [-0.3, -0.25) is 4.79 Å². The number of quaternary nitrogens is 1. The minimum atomic E-state index is -1.21. The van der Waals surface area contributed by atoms with Crippen LogP contribution in [0.1, 0.15) is 57.4 Å². The molecule has 8 atom stereocenters. The first kappa shape index (κ1) is 23.9. The van der Waals surface area contributed by atoms with Gasteiger partial charge in [0, 0.05) is 18.8 Å². The highest BCUT2D eigenvalue weighted by atomic mass is 16.6. The molecule has 1 spiro atoms. The van der Waals surface area contributed by atoms with Gasteiger partial charge >= 0.3 is 5.97 Å². The molecule has 0 aromatic heterocycles. The van der Waals surface area contributed by atoms with E-state index in [1.54, 1.807) is 12.1 Å².